The van der Waals surface area contributed by atoms with Crippen molar-refractivity contribution in [2.24, 2.45) is 11.8 Å². The highest BCUT2D eigenvalue weighted by Crippen LogP contribution is 2.41. The van der Waals surface area contributed by atoms with Gasteiger partial charge in [-0.25, -0.2) is 9.50 Å². The van der Waals surface area contributed by atoms with Crippen molar-refractivity contribution in [1.82, 2.24) is 19.5 Å². The molecule has 0 bridgehead atoms. The lowest BCUT2D eigenvalue weighted by Crippen LogP contribution is -2.30. The maximum absolute atomic E-state index is 13.5. The van der Waals surface area contributed by atoms with E-state index in [2.05, 4.69) is 17.0 Å². The molecular weight excluding hydrogens is 357 g/mol. The number of nitrogens with zero attached hydrogens (tertiary/aromatic N) is 4. The molecule has 0 spiro atoms. The number of rotatable bonds is 3. The summed E-state index contributed by atoms with van der Waals surface area (Å²) in [4.78, 5) is 18.6. The standard InChI is InChI=1S/C19H23F3N4O/c1-10(2)14-7-16(19(20,21)22)26-17(23-14)8-15(24-26)12-4-5-25(9-12)18(27)13-6-11(13)3/h7-8,10-13H,4-6,9H2,1-3H3/t11-,12-,13+/m1/s1. The smallest absolute Gasteiger partial charge is 0.342 e. The summed E-state index contributed by atoms with van der Waals surface area (Å²) in [6.45, 7) is 6.85. The van der Waals surface area contributed by atoms with Gasteiger partial charge in [0.05, 0.1) is 5.69 Å². The average molecular weight is 380 g/mol. The summed E-state index contributed by atoms with van der Waals surface area (Å²) >= 11 is 0. The number of hydrogen-bond acceptors (Lipinski definition) is 3. The third kappa shape index (κ3) is 3.30. The van der Waals surface area contributed by atoms with Crippen molar-refractivity contribution in [3.63, 3.8) is 0 Å². The molecule has 1 saturated heterocycles. The maximum Gasteiger partial charge on any atom is 0.433 e. The van der Waals surface area contributed by atoms with E-state index in [1.807, 2.05) is 18.7 Å². The van der Waals surface area contributed by atoms with Gasteiger partial charge < -0.3 is 4.90 Å². The van der Waals surface area contributed by atoms with Crippen molar-refractivity contribution in [2.45, 2.75) is 51.6 Å². The van der Waals surface area contributed by atoms with Crippen molar-refractivity contribution in [1.29, 1.82) is 0 Å². The van der Waals surface area contributed by atoms with Crippen LogP contribution in [-0.4, -0.2) is 38.5 Å². The first-order chi connectivity index (χ1) is 12.6. The molecule has 0 aromatic carbocycles. The molecule has 8 heteroatoms. The maximum atomic E-state index is 13.5. The summed E-state index contributed by atoms with van der Waals surface area (Å²) < 4.78 is 41.4. The number of hydrogen-bond donors (Lipinski definition) is 0. The van der Waals surface area contributed by atoms with Gasteiger partial charge >= 0.3 is 6.18 Å². The number of carbonyl (C=O) groups excluding carboxylic acids is 1. The van der Waals surface area contributed by atoms with Gasteiger partial charge in [0.1, 0.15) is 5.69 Å². The van der Waals surface area contributed by atoms with E-state index in [0.29, 0.717) is 30.4 Å². The minimum atomic E-state index is -4.51. The topological polar surface area (TPSA) is 50.5 Å². The predicted molar refractivity (Wildman–Crippen MR) is 93.3 cm³/mol. The van der Waals surface area contributed by atoms with Crippen LogP contribution in [-0.2, 0) is 11.0 Å². The molecule has 0 N–H and O–H groups in total. The molecule has 2 fully saturated rings. The zero-order valence-corrected chi connectivity index (χ0v) is 15.6. The van der Waals surface area contributed by atoms with Gasteiger partial charge in [0, 0.05) is 36.7 Å². The molecule has 146 valence electrons. The van der Waals surface area contributed by atoms with Crippen LogP contribution in [0.2, 0.25) is 0 Å². The Labute approximate surface area is 155 Å². The number of alkyl halides is 3. The third-order valence-electron chi connectivity index (χ3n) is 5.69. The molecule has 27 heavy (non-hydrogen) atoms. The van der Waals surface area contributed by atoms with E-state index < -0.39 is 11.9 Å². The summed E-state index contributed by atoms with van der Waals surface area (Å²) in [6, 6.07) is 2.72. The third-order valence-corrected chi connectivity index (χ3v) is 5.69. The van der Waals surface area contributed by atoms with E-state index in [-0.39, 0.29) is 29.3 Å². The molecule has 1 aliphatic heterocycles. The summed E-state index contributed by atoms with van der Waals surface area (Å²) in [5.41, 5.74) is 0.379. The van der Waals surface area contributed by atoms with Crippen LogP contribution in [0.3, 0.4) is 0 Å². The number of fused-ring (bicyclic) bond motifs is 1. The van der Waals surface area contributed by atoms with Crippen LogP contribution >= 0.6 is 0 Å². The molecule has 2 aromatic heterocycles. The van der Waals surface area contributed by atoms with E-state index in [1.54, 1.807) is 6.07 Å². The lowest BCUT2D eigenvalue weighted by Gasteiger charge is -2.15. The fraction of sp³-hybridized carbons (Fsp3) is 0.632. The Hall–Kier alpha value is -2.12. The molecule has 3 atom stereocenters. The number of carbonyl (C=O) groups is 1. The van der Waals surface area contributed by atoms with Crippen LogP contribution in [0.5, 0.6) is 0 Å². The van der Waals surface area contributed by atoms with Gasteiger partial charge in [-0.3, -0.25) is 4.79 Å². The SMILES string of the molecule is CC(C)c1cc(C(F)(F)F)n2nc([C@@H]3CCN(C(=O)[C@H]4C[C@H]4C)C3)cc2n1. The van der Waals surface area contributed by atoms with Crippen LogP contribution < -0.4 is 0 Å². The monoisotopic (exact) mass is 380 g/mol. The fourth-order valence-corrected chi connectivity index (χ4v) is 3.81. The second-order valence-electron chi connectivity index (χ2n) is 8.15. The van der Waals surface area contributed by atoms with Crippen molar-refractivity contribution in [3.8, 4) is 0 Å². The number of halogens is 3. The zero-order chi connectivity index (χ0) is 19.5. The largest absolute Gasteiger partial charge is 0.433 e. The second-order valence-corrected chi connectivity index (χ2v) is 8.15. The molecule has 1 aliphatic carbocycles. The number of aromatic nitrogens is 3. The Morgan fingerprint density at radius 2 is 2.00 bits per heavy atom. The summed E-state index contributed by atoms with van der Waals surface area (Å²) in [6.07, 6.45) is -2.85. The Balaban J connectivity index is 1.64. The molecule has 4 rings (SSSR count). The first-order valence-corrected chi connectivity index (χ1v) is 9.41. The predicted octanol–water partition coefficient (Wildman–Crippen LogP) is 3.84. The van der Waals surface area contributed by atoms with E-state index in [1.165, 1.54) is 0 Å². The molecule has 0 unspecified atom stereocenters. The van der Waals surface area contributed by atoms with Crippen molar-refractivity contribution < 1.29 is 18.0 Å². The van der Waals surface area contributed by atoms with Gasteiger partial charge in [0.25, 0.3) is 0 Å². The van der Waals surface area contributed by atoms with Gasteiger partial charge in [-0.2, -0.15) is 18.3 Å². The molecule has 2 aromatic rings. The quantitative estimate of drug-likeness (QED) is 0.813. The molecule has 1 saturated carbocycles. The van der Waals surface area contributed by atoms with E-state index >= 15 is 0 Å². The minimum Gasteiger partial charge on any atom is -0.342 e. The second kappa shape index (κ2) is 6.21. The van der Waals surface area contributed by atoms with Crippen LogP contribution in [0.4, 0.5) is 13.2 Å². The Morgan fingerprint density at radius 3 is 2.59 bits per heavy atom. The molecular formula is C19H23F3N4O. The highest BCUT2D eigenvalue weighted by Gasteiger charge is 2.43. The first-order valence-electron chi connectivity index (χ1n) is 9.41. The number of amides is 1. The van der Waals surface area contributed by atoms with Gasteiger partial charge in [-0.05, 0) is 30.7 Å². The molecule has 1 amide bonds. The van der Waals surface area contributed by atoms with E-state index in [4.69, 9.17) is 0 Å². The van der Waals surface area contributed by atoms with E-state index in [0.717, 1.165) is 23.4 Å². The van der Waals surface area contributed by atoms with Crippen molar-refractivity contribution in [2.75, 3.05) is 13.1 Å². The van der Waals surface area contributed by atoms with Crippen molar-refractivity contribution in [3.05, 3.63) is 29.2 Å². The average Bonchev–Trinajstić information content (AvgIpc) is 3.02. The molecule has 5 nitrogen and oxygen atoms in total. The Morgan fingerprint density at radius 1 is 1.30 bits per heavy atom. The Bertz CT molecular complexity index is 889. The molecule has 3 heterocycles. The Kier molecular flexibility index (Phi) is 4.20. The number of likely N-dealkylation sites (tertiary alicyclic amines) is 1. The highest BCUT2D eigenvalue weighted by molar-refractivity contribution is 5.82. The molecule has 2 aliphatic rings. The summed E-state index contributed by atoms with van der Waals surface area (Å²) in [5, 5.41) is 4.23. The van der Waals surface area contributed by atoms with Gasteiger partial charge in [-0.1, -0.05) is 20.8 Å². The van der Waals surface area contributed by atoms with E-state index in [9.17, 15) is 18.0 Å². The first kappa shape index (κ1) is 18.3. The fourth-order valence-electron chi connectivity index (χ4n) is 3.81. The van der Waals surface area contributed by atoms with Crippen LogP contribution in [0.1, 0.15) is 62.5 Å². The normalized spacial score (nSPS) is 25.6. The summed E-state index contributed by atoms with van der Waals surface area (Å²) in [7, 11) is 0. The van der Waals surface area contributed by atoms with Crippen molar-refractivity contribution >= 4 is 11.6 Å². The lowest BCUT2D eigenvalue weighted by atomic mass is 10.1. The summed E-state index contributed by atoms with van der Waals surface area (Å²) in [5.74, 6) is 0.574. The van der Waals surface area contributed by atoms with Gasteiger partial charge in [-0.15, -0.1) is 0 Å². The van der Waals surface area contributed by atoms with Gasteiger partial charge in [0.15, 0.2) is 5.65 Å². The minimum absolute atomic E-state index is 0.0479. The van der Waals surface area contributed by atoms with Gasteiger partial charge in [0.2, 0.25) is 5.91 Å². The van der Waals surface area contributed by atoms with Crippen LogP contribution in [0.25, 0.3) is 5.65 Å². The van der Waals surface area contributed by atoms with Crippen LogP contribution in [0, 0.1) is 11.8 Å². The molecule has 0 radical (unpaired) electrons. The highest BCUT2D eigenvalue weighted by atomic mass is 19.4. The zero-order valence-electron chi connectivity index (χ0n) is 15.6. The lowest BCUT2D eigenvalue weighted by molar-refractivity contribution is -0.142. The van der Waals surface area contributed by atoms with Crippen LogP contribution in [0.15, 0.2) is 12.1 Å².